The van der Waals surface area contributed by atoms with Crippen molar-refractivity contribution in [3.63, 3.8) is 0 Å². The van der Waals surface area contributed by atoms with Crippen LogP contribution in [0, 0.1) is 6.92 Å². The Morgan fingerprint density at radius 3 is 2.85 bits per heavy atom. The molecule has 0 radical (unpaired) electrons. The molecule has 0 spiro atoms. The molecule has 0 bridgehead atoms. The molecule has 0 atom stereocenters. The van der Waals surface area contributed by atoms with Gasteiger partial charge in [-0.05, 0) is 26.0 Å². The summed E-state index contributed by atoms with van der Waals surface area (Å²) in [5, 5.41) is 0.817. The van der Waals surface area contributed by atoms with Crippen molar-refractivity contribution in [2.24, 2.45) is 0 Å². The van der Waals surface area contributed by atoms with Crippen LogP contribution in [0.25, 0.3) is 22.2 Å². The van der Waals surface area contributed by atoms with Gasteiger partial charge in [-0.3, -0.25) is 9.36 Å². The smallest absolute Gasteiger partial charge is 0.260 e. The molecule has 0 saturated carbocycles. The van der Waals surface area contributed by atoms with Crippen LogP contribution in [-0.4, -0.2) is 14.5 Å². The Balaban J connectivity index is 2.46. The number of aryl methyl sites for hydroxylation is 2. The minimum Gasteiger partial charge on any atom is -0.472 e. The van der Waals surface area contributed by atoms with Crippen LogP contribution in [0.1, 0.15) is 12.6 Å². The number of furan rings is 1. The molecule has 3 rings (SSSR count). The summed E-state index contributed by atoms with van der Waals surface area (Å²) in [6.45, 7) is 4.26. The Bertz CT molecular complexity index is 834. The van der Waals surface area contributed by atoms with Crippen molar-refractivity contribution in [3.8, 4) is 11.1 Å². The summed E-state index contributed by atoms with van der Waals surface area (Å²) in [4.78, 5) is 20.9. The number of nitrogen functional groups attached to an aromatic ring is 1. The predicted molar refractivity (Wildman–Crippen MR) is 76.3 cm³/mol. The Kier molecular flexibility index (Phi) is 2.78. The summed E-state index contributed by atoms with van der Waals surface area (Å²) >= 11 is 0. The molecule has 0 unspecified atom stereocenters. The molecule has 3 aromatic rings. The van der Waals surface area contributed by atoms with Crippen LogP contribution in [0.3, 0.4) is 0 Å². The minimum absolute atomic E-state index is 0.112. The van der Waals surface area contributed by atoms with Gasteiger partial charge in [-0.2, -0.15) is 4.98 Å². The first-order valence-electron chi connectivity index (χ1n) is 6.32. The van der Waals surface area contributed by atoms with Gasteiger partial charge in [0.25, 0.3) is 5.56 Å². The highest BCUT2D eigenvalue weighted by molar-refractivity contribution is 5.83. The lowest BCUT2D eigenvalue weighted by Gasteiger charge is -2.11. The van der Waals surface area contributed by atoms with E-state index in [0.29, 0.717) is 17.8 Å². The van der Waals surface area contributed by atoms with E-state index in [4.69, 9.17) is 10.2 Å². The van der Waals surface area contributed by atoms with E-state index in [-0.39, 0.29) is 11.5 Å². The maximum atomic E-state index is 12.6. The van der Waals surface area contributed by atoms with Gasteiger partial charge in [0.2, 0.25) is 5.95 Å². The average Bonchev–Trinajstić information content (AvgIpc) is 2.92. The molecular weight excluding hydrogens is 256 g/mol. The highest BCUT2D eigenvalue weighted by Gasteiger charge is 2.14. The molecule has 6 heteroatoms. The van der Waals surface area contributed by atoms with E-state index in [2.05, 4.69) is 9.97 Å². The summed E-state index contributed by atoms with van der Waals surface area (Å²) in [6, 6.07) is 3.56. The van der Waals surface area contributed by atoms with Gasteiger partial charge in [0.1, 0.15) is 5.65 Å². The topological polar surface area (TPSA) is 86.9 Å². The van der Waals surface area contributed by atoms with Crippen LogP contribution < -0.4 is 11.3 Å². The van der Waals surface area contributed by atoms with Crippen molar-refractivity contribution in [1.29, 1.82) is 0 Å². The number of hydrogen-bond acceptors (Lipinski definition) is 5. The predicted octanol–water partition coefficient (Wildman–Crippen LogP) is 1.96. The first-order valence-corrected chi connectivity index (χ1v) is 6.32. The molecule has 0 saturated heterocycles. The van der Waals surface area contributed by atoms with Crippen molar-refractivity contribution in [1.82, 2.24) is 14.5 Å². The maximum Gasteiger partial charge on any atom is 0.260 e. The third-order valence-electron chi connectivity index (χ3n) is 3.30. The number of pyridine rings is 1. The van der Waals surface area contributed by atoms with Crippen molar-refractivity contribution >= 4 is 17.0 Å². The first-order chi connectivity index (χ1) is 9.61. The van der Waals surface area contributed by atoms with Crippen molar-refractivity contribution < 1.29 is 4.42 Å². The van der Waals surface area contributed by atoms with Crippen molar-refractivity contribution in [2.45, 2.75) is 20.4 Å². The van der Waals surface area contributed by atoms with E-state index in [9.17, 15) is 4.79 Å². The quantitative estimate of drug-likeness (QED) is 0.769. The Labute approximate surface area is 114 Å². The zero-order chi connectivity index (χ0) is 14.3. The molecule has 0 aliphatic rings. The summed E-state index contributed by atoms with van der Waals surface area (Å²) in [7, 11) is 0. The second-order valence-electron chi connectivity index (χ2n) is 4.52. The van der Waals surface area contributed by atoms with E-state index < -0.39 is 0 Å². The molecule has 3 heterocycles. The van der Waals surface area contributed by atoms with Crippen LogP contribution in [0.4, 0.5) is 5.95 Å². The lowest BCUT2D eigenvalue weighted by atomic mass is 10.1. The van der Waals surface area contributed by atoms with Gasteiger partial charge in [-0.15, -0.1) is 0 Å². The van der Waals surface area contributed by atoms with Gasteiger partial charge in [0, 0.05) is 17.5 Å². The molecule has 0 aromatic carbocycles. The molecule has 2 N–H and O–H groups in total. The van der Waals surface area contributed by atoms with Gasteiger partial charge < -0.3 is 10.2 Å². The van der Waals surface area contributed by atoms with E-state index >= 15 is 0 Å². The summed E-state index contributed by atoms with van der Waals surface area (Å²) in [6.07, 6.45) is 3.09. The molecular formula is C14H14N4O2. The standard InChI is InChI=1S/C14H14N4O2/c1-3-18-12-10(8(2)16-14(15)17-12)6-11(13(18)19)9-4-5-20-7-9/h4-7H,3H2,1-2H3,(H2,15,16,17). The van der Waals surface area contributed by atoms with Crippen LogP contribution in [0.5, 0.6) is 0 Å². The number of aromatic nitrogens is 3. The molecule has 20 heavy (non-hydrogen) atoms. The largest absolute Gasteiger partial charge is 0.472 e. The zero-order valence-electron chi connectivity index (χ0n) is 11.3. The minimum atomic E-state index is -0.112. The highest BCUT2D eigenvalue weighted by atomic mass is 16.3. The number of nitrogens with zero attached hydrogens (tertiary/aromatic N) is 3. The number of rotatable bonds is 2. The Hall–Kier alpha value is -2.63. The summed E-state index contributed by atoms with van der Waals surface area (Å²) in [5.41, 5.74) is 8.20. The highest BCUT2D eigenvalue weighted by Crippen LogP contribution is 2.22. The first kappa shape index (κ1) is 12.4. The fourth-order valence-electron chi connectivity index (χ4n) is 2.33. The van der Waals surface area contributed by atoms with E-state index in [1.54, 1.807) is 29.2 Å². The fraction of sp³-hybridized carbons (Fsp3) is 0.214. The third kappa shape index (κ3) is 1.77. The maximum absolute atomic E-state index is 12.6. The van der Waals surface area contributed by atoms with Gasteiger partial charge in [-0.1, -0.05) is 0 Å². The van der Waals surface area contributed by atoms with Gasteiger partial charge in [0.05, 0.1) is 23.8 Å². The SMILES string of the molecule is CCn1c(=O)c(-c2ccoc2)cc2c(C)nc(N)nc21. The molecule has 6 nitrogen and oxygen atoms in total. The second-order valence-corrected chi connectivity index (χ2v) is 4.52. The lowest BCUT2D eigenvalue weighted by molar-refractivity contribution is 0.568. The van der Waals surface area contributed by atoms with Crippen LogP contribution in [-0.2, 0) is 6.54 Å². The third-order valence-corrected chi connectivity index (χ3v) is 3.30. The number of fused-ring (bicyclic) bond motifs is 1. The van der Waals surface area contributed by atoms with Gasteiger partial charge in [0.15, 0.2) is 0 Å². The lowest BCUT2D eigenvalue weighted by Crippen LogP contribution is -2.22. The van der Waals surface area contributed by atoms with E-state index in [1.807, 2.05) is 13.8 Å². The zero-order valence-corrected chi connectivity index (χ0v) is 11.3. The normalized spacial score (nSPS) is 11.1. The molecule has 0 amide bonds. The molecule has 3 aromatic heterocycles. The molecule has 102 valence electrons. The Morgan fingerprint density at radius 2 is 2.20 bits per heavy atom. The van der Waals surface area contributed by atoms with Crippen LogP contribution in [0.15, 0.2) is 33.9 Å². The van der Waals surface area contributed by atoms with Gasteiger partial charge >= 0.3 is 0 Å². The average molecular weight is 270 g/mol. The van der Waals surface area contributed by atoms with Crippen molar-refractivity contribution in [3.05, 3.63) is 40.7 Å². The molecule has 0 aliphatic carbocycles. The summed E-state index contributed by atoms with van der Waals surface area (Å²) < 4.78 is 6.66. The van der Waals surface area contributed by atoms with E-state index in [0.717, 1.165) is 16.6 Å². The van der Waals surface area contributed by atoms with Crippen LogP contribution >= 0.6 is 0 Å². The monoisotopic (exact) mass is 270 g/mol. The number of nitrogens with two attached hydrogens (primary N) is 1. The summed E-state index contributed by atoms with van der Waals surface area (Å²) in [5.74, 6) is 0.174. The van der Waals surface area contributed by atoms with Crippen LogP contribution in [0.2, 0.25) is 0 Å². The molecule has 0 aliphatic heterocycles. The second kappa shape index (κ2) is 4.48. The Morgan fingerprint density at radius 1 is 1.40 bits per heavy atom. The number of anilines is 1. The van der Waals surface area contributed by atoms with Crippen molar-refractivity contribution in [2.75, 3.05) is 5.73 Å². The van der Waals surface area contributed by atoms with E-state index in [1.165, 1.54) is 0 Å². The molecule has 0 fully saturated rings. The number of hydrogen-bond donors (Lipinski definition) is 1. The van der Waals surface area contributed by atoms with Gasteiger partial charge in [-0.25, -0.2) is 4.98 Å². The fourth-order valence-corrected chi connectivity index (χ4v) is 2.33.